The second-order valence-corrected chi connectivity index (χ2v) is 21.6. The van der Waals surface area contributed by atoms with Crippen LogP contribution in [0.4, 0.5) is 11.4 Å². The number of anilines is 1. The van der Waals surface area contributed by atoms with Gasteiger partial charge in [0.1, 0.15) is 5.75 Å². The van der Waals surface area contributed by atoms with E-state index in [2.05, 4.69) is 51.1 Å². The van der Waals surface area contributed by atoms with Crippen molar-refractivity contribution in [1.82, 2.24) is 0 Å². The zero-order valence-electron chi connectivity index (χ0n) is 34.3. The Morgan fingerprint density at radius 3 is 2.20 bits per heavy atom. The monoisotopic (exact) mass is 820 g/mol. The number of carbonyl (C=O) groups is 2. The fourth-order valence-corrected chi connectivity index (χ4v) is 14.5. The molecular weight excluding hydrogens is 771 g/mol. The minimum Gasteiger partial charge on any atom is -0.507 e. The Labute approximate surface area is 351 Å². The lowest BCUT2D eigenvalue weighted by molar-refractivity contribution is -0.384. The number of nitro groups is 1. The van der Waals surface area contributed by atoms with E-state index in [0.29, 0.717) is 12.8 Å². The van der Waals surface area contributed by atoms with Crippen LogP contribution in [0.3, 0.4) is 0 Å². The number of rotatable bonds is 11. The Balaban J connectivity index is 1.20. The van der Waals surface area contributed by atoms with Crippen LogP contribution in [-0.2, 0) is 18.7 Å². The highest BCUT2D eigenvalue weighted by Crippen LogP contribution is 2.52. The zero-order valence-corrected chi connectivity index (χ0v) is 35.3. The number of hydrogen-bond acceptors (Lipinski definition) is 8. The van der Waals surface area contributed by atoms with Gasteiger partial charge in [-0.2, -0.15) is 0 Å². The van der Waals surface area contributed by atoms with E-state index in [4.69, 9.17) is 9.08 Å². The first-order valence-corrected chi connectivity index (χ1v) is 22.5. The highest BCUT2D eigenvalue weighted by atomic mass is 28.4. The fourth-order valence-electron chi connectivity index (χ4n) is 9.98. The third-order valence-electron chi connectivity index (χ3n) is 12.6. The van der Waals surface area contributed by atoms with Crippen molar-refractivity contribution >= 4 is 65.8 Å². The molecule has 0 aromatic heterocycles. The Hall–Kier alpha value is -5.66. The highest BCUT2D eigenvalue weighted by Gasteiger charge is 2.58. The van der Waals surface area contributed by atoms with Crippen molar-refractivity contribution in [1.29, 1.82) is 0 Å². The number of hydrogen-bond donors (Lipinski definition) is 2. The predicted molar refractivity (Wildman–Crippen MR) is 237 cm³/mol. The first-order valence-electron chi connectivity index (χ1n) is 20.6. The van der Waals surface area contributed by atoms with Gasteiger partial charge in [0.25, 0.3) is 14.0 Å². The summed E-state index contributed by atoms with van der Waals surface area (Å²) in [6, 6.07) is 37.6. The molecule has 12 heteroatoms. The second kappa shape index (κ2) is 16.4. The molecule has 3 aliphatic rings. The number of nitro benzene ring substituents is 1. The van der Waals surface area contributed by atoms with Crippen LogP contribution in [0.2, 0.25) is 11.4 Å². The van der Waals surface area contributed by atoms with Gasteiger partial charge in [0, 0.05) is 17.5 Å². The van der Waals surface area contributed by atoms with Crippen molar-refractivity contribution in [3.05, 3.63) is 154 Å². The number of fused-ring (bicyclic) bond motifs is 4. The van der Waals surface area contributed by atoms with Gasteiger partial charge in [0.2, 0.25) is 11.8 Å². The number of amides is 2. The van der Waals surface area contributed by atoms with Crippen molar-refractivity contribution < 1.29 is 33.7 Å². The summed E-state index contributed by atoms with van der Waals surface area (Å²) in [7, 11) is -4.24. The van der Waals surface area contributed by atoms with Gasteiger partial charge in [-0.05, 0) is 88.1 Å². The largest absolute Gasteiger partial charge is 0.507 e. The number of nitrogens with zero attached hydrogens (tertiary/aromatic N) is 2. The molecule has 2 heterocycles. The molecule has 2 fully saturated rings. The van der Waals surface area contributed by atoms with Gasteiger partial charge >= 0.3 is 7.12 Å². The molecule has 5 aromatic carbocycles. The van der Waals surface area contributed by atoms with E-state index in [0.717, 1.165) is 48.3 Å². The SMILES string of the molecule is C/C(=C\c1ccc(O)c2ccccc12)CC[C@H]1OB(O)C[C@H]2C1=C(CO[Si](c1ccccc1)(c1ccccc1)C(C)(C)C)C[C@H]1C(=O)N(c3cccc([N+](=O)[O-])c3)C(=O)[C@H]12. The number of aromatic hydroxyl groups is 1. The van der Waals surface area contributed by atoms with E-state index in [1.807, 2.05) is 73.7 Å². The van der Waals surface area contributed by atoms with Gasteiger partial charge in [0.15, 0.2) is 0 Å². The molecule has 1 aliphatic carbocycles. The molecule has 0 bridgehead atoms. The molecule has 2 saturated heterocycles. The zero-order chi connectivity index (χ0) is 42.3. The van der Waals surface area contributed by atoms with Crippen molar-refractivity contribution in [3.8, 4) is 5.75 Å². The summed E-state index contributed by atoms with van der Waals surface area (Å²) >= 11 is 0. The first kappa shape index (κ1) is 41.1. The number of benzene rings is 5. The average Bonchev–Trinajstić information content (AvgIpc) is 3.49. The summed E-state index contributed by atoms with van der Waals surface area (Å²) in [5.41, 5.74) is 3.76. The molecule has 0 radical (unpaired) electrons. The molecule has 306 valence electrons. The molecule has 0 saturated carbocycles. The Kier molecular flexibility index (Phi) is 11.2. The molecule has 10 nitrogen and oxygen atoms in total. The molecule has 60 heavy (non-hydrogen) atoms. The number of non-ortho nitro benzene ring substituents is 1. The maximum atomic E-state index is 14.6. The van der Waals surface area contributed by atoms with E-state index < -0.39 is 56.0 Å². The topological polar surface area (TPSA) is 139 Å². The molecule has 0 unspecified atom stereocenters. The average molecular weight is 821 g/mol. The van der Waals surface area contributed by atoms with Crippen LogP contribution in [0.15, 0.2) is 138 Å². The van der Waals surface area contributed by atoms with Crippen molar-refractivity contribution in [2.75, 3.05) is 11.5 Å². The maximum Gasteiger partial charge on any atom is 0.455 e. The molecular formula is C48H49BN2O8Si. The lowest BCUT2D eigenvalue weighted by Gasteiger charge is -2.46. The first-order chi connectivity index (χ1) is 28.8. The van der Waals surface area contributed by atoms with Crippen molar-refractivity contribution in [2.24, 2.45) is 17.8 Å². The normalized spacial score (nSPS) is 21.1. The van der Waals surface area contributed by atoms with Gasteiger partial charge in [-0.25, -0.2) is 4.90 Å². The van der Waals surface area contributed by atoms with Crippen LogP contribution in [0.5, 0.6) is 5.75 Å². The summed E-state index contributed by atoms with van der Waals surface area (Å²) in [5.74, 6) is -2.69. The molecule has 2 N–H and O–H groups in total. The molecule has 2 aliphatic heterocycles. The molecule has 4 atom stereocenters. The molecule has 8 rings (SSSR count). The van der Waals surface area contributed by atoms with Gasteiger partial charge < -0.3 is 19.2 Å². The summed E-state index contributed by atoms with van der Waals surface area (Å²) in [6.45, 7) is 8.87. The van der Waals surface area contributed by atoms with Crippen LogP contribution >= 0.6 is 0 Å². The molecule has 0 spiro atoms. The van der Waals surface area contributed by atoms with Crippen LogP contribution in [0.1, 0.15) is 52.5 Å². The summed E-state index contributed by atoms with van der Waals surface area (Å²) in [4.78, 5) is 41.4. The summed E-state index contributed by atoms with van der Waals surface area (Å²) < 4.78 is 13.9. The van der Waals surface area contributed by atoms with Crippen LogP contribution < -0.4 is 15.3 Å². The number of phenolic OH excluding ortho intramolecular Hbond substituents is 1. The van der Waals surface area contributed by atoms with E-state index in [9.17, 15) is 29.8 Å². The fraction of sp³-hybridized carbons (Fsp3) is 0.292. The number of carbonyl (C=O) groups excluding carboxylic acids is 2. The second-order valence-electron chi connectivity index (χ2n) is 17.3. The van der Waals surface area contributed by atoms with Gasteiger partial charge in [-0.3, -0.25) is 19.7 Å². The minimum absolute atomic E-state index is 0.117. The van der Waals surface area contributed by atoms with Gasteiger partial charge in [-0.15, -0.1) is 0 Å². The predicted octanol–water partition coefficient (Wildman–Crippen LogP) is 8.22. The smallest absolute Gasteiger partial charge is 0.455 e. The molecule has 2 amide bonds. The van der Waals surface area contributed by atoms with Gasteiger partial charge in [-0.1, -0.05) is 129 Å². The number of phenols is 1. The van der Waals surface area contributed by atoms with Crippen LogP contribution in [0, 0.1) is 27.9 Å². The molecule has 5 aromatic rings. The van der Waals surface area contributed by atoms with E-state index in [-0.39, 0.29) is 41.5 Å². The van der Waals surface area contributed by atoms with E-state index in [1.165, 1.54) is 18.2 Å². The highest BCUT2D eigenvalue weighted by molar-refractivity contribution is 6.99. The minimum atomic E-state index is -3.06. The van der Waals surface area contributed by atoms with Crippen molar-refractivity contribution in [2.45, 2.75) is 64.4 Å². The Morgan fingerprint density at radius 1 is 0.900 bits per heavy atom. The summed E-state index contributed by atoms with van der Waals surface area (Å²) in [5, 5.41) is 37.2. The Morgan fingerprint density at radius 2 is 1.55 bits per heavy atom. The summed E-state index contributed by atoms with van der Waals surface area (Å²) in [6.07, 6.45) is 2.99. The van der Waals surface area contributed by atoms with E-state index in [1.54, 1.807) is 12.1 Å². The van der Waals surface area contributed by atoms with Crippen LogP contribution in [-0.4, -0.2) is 55.0 Å². The number of allylic oxidation sites excluding steroid dienone is 1. The maximum absolute atomic E-state index is 14.6. The van der Waals surface area contributed by atoms with Gasteiger partial charge in [0.05, 0.1) is 35.2 Å². The lowest BCUT2D eigenvalue weighted by atomic mass is 9.58. The van der Waals surface area contributed by atoms with Crippen LogP contribution in [0.25, 0.3) is 16.8 Å². The lowest BCUT2D eigenvalue weighted by Crippen LogP contribution is -2.66. The quantitative estimate of drug-likeness (QED) is 0.0447. The number of imide groups is 1. The van der Waals surface area contributed by atoms with Crippen molar-refractivity contribution in [3.63, 3.8) is 0 Å². The Bertz CT molecular complexity index is 2480. The van der Waals surface area contributed by atoms with E-state index >= 15 is 0 Å². The standard InChI is InChI=1S/C48H49BN2O8Si/c1-31(26-32-23-24-42(52)39-21-12-11-20-38(32)39)22-25-43-44-33(30-58-60(48(2,3)4,36-16-7-5-8-17-36)37-18-9-6-10-19-37)27-40-45(41(44)29-49(55)59-43)47(54)50(46(40)53)34-14-13-15-35(28-34)51(56)57/h5-21,23-24,26,28,40-41,43,45,52,55H,22,25,27,29-30H2,1-4H3/b31-26+/t40-,41+,43-,45-/m1/s1. The third-order valence-corrected chi connectivity index (χ3v) is 17.6. The third kappa shape index (κ3) is 7.42.